The molecule has 0 aliphatic carbocycles. The Hall–Kier alpha value is -1.64. The Balaban J connectivity index is 2.33. The lowest BCUT2D eigenvalue weighted by Crippen LogP contribution is -2.25. The zero-order valence-electron chi connectivity index (χ0n) is 15.6. The van der Waals surface area contributed by atoms with E-state index in [9.17, 15) is 0 Å². The molecule has 0 radical (unpaired) electrons. The molecule has 0 amide bonds. The first-order valence-electron chi connectivity index (χ1n) is 8.57. The first-order chi connectivity index (χ1) is 10.7. The van der Waals surface area contributed by atoms with Crippen LogP contribution in [0.5, 0.6) is 0 Å². The molecule has 0 bridgehead atoms. The molecule has 3 nitrogen and oxygen atoms in total. The maximum absolute atomic E-state index is 5.72. The molecule has 0 spiro atoms. The van der Waals surface area contributed by atoms with Crippen molar-refractivity contribution in [2.24, 2.45) is 15.4 Å². The lowest BCUT2D eigenvalue weighted by molar-refractivity contribution is 0.237. The summed E-state index contributed by atoms with van der Waals surface area (Å²) in [6, 6.07) is 6.66. The van der Waals surface area contributed by atoms with Crippen LogP contribution in [-0.2, 0) is 4.74 Å². The molecule has 0 unspecified atom stereocenters. The minimum atomic E-state index is 0.120. The number of rotatable bonds is 4. The molecule has 2 rings (SSSR count). The second-order valence-electron chi connectivity index (χ2n) is 8.01. The SMILES string of the molecule is CC(C)c1cccc(C(C)C)c1N=CC1=N[C@@H](C(C)(C)C)CO1. The predicted molar refractivity (Wildman–Crippen MR) is 99.4 cm³/mol. The van der Waals surface area contributed by atoms with E-state index in [0.717, 1.165) is 5.69 Å². The number of nitrogens with zero attached hydrogens (tertiary/aromatic N) is 2. The molecule has 1 aliphatic rings. The van der Waals surface area contributed by atoms with Crippen molar-refractivity contribution >= 4 is 17.8 Å². The standard InChI is InChI=1S/C20H30N2O/c1-13(2)15-9-8-10-16(14(3)4)19(15)21-11-18-22-17(12-23-18)20(5,6)7/h8-11,13-14,17H,12H2,1-7H3/t17-/m1/s1. The van der Waals surface area contributed by atoms with Crippen LogP contribution in [0.15, 0.2) is 28.2 Å². The molecular formula is C20H30N2O. The molecule has 1 atom stereocenters. The third kappa shape index (κ3) is 4.21. The monoisotopic (exact) mass is 314 g/mol. The van der Waals surface area contributed by atoms with Crippen LogP contribution in [-0.4, -0.2) is 24.8 Å². The summed E-state index contributed by atoms with van der Waals surface area (Å²) in [5.41, 5.74) is 3.74. The fourth-order valence-electron chi connectivity index (χ4n) is 2.69. The third-order valence-corrected chi connectivity index (χ3v) is 4.32. The number of para-hydroxylation sites is 1. The maximum atomic E-state index is 5.72. The van der Waals surface area contributed by atoms with Crippen LogP contribution in [0.4, 0.5) is 5.69 Å². The molecule has 1 aromatic carbocycles. The fourth-order valence-corrected chi connectivity index (χ4v) is 2.69. The molecule has 0 saturated heterocycles. The first kappa shape index (κ1) is 17.7. The quantitative estimate of drug-likeness (QED) is 0.678. The van der Waals surface area contributed by atoms with Crippen LogP contribution in [0.25, 0.3) is 0 Å². The van der Waals surface area contributed by atoms with Gasteiger partial charge in [0.2, 0.25) is 5.90 Å². The van der Waals surface area contributed by atoms with E-state index in [2.05, 4.69) is 71.7 Å². The smallest absolute Gasteiger partial charge is 0.228 e. The van der Waals surface area contributed by atoms with Crippen LogP contribution >= 0.6 is 0 Å². The fraction of sp³-hybridized carbons (Fsp3) is 0.600. The zero-order chi connectivity index (χ0) is 17.2. The Morgan fingerprint density at radius 1 is 1.13 bits per heavy atom. The molecular weight excluding hydrogens is 284 g/mol. The van der Waals surface area contributed by atoms with Crippen LogP contribution in [0.2, 0.25) is 0 Å². The Morgan fingerprint density at radius 3 is 2.13 bits per heavy atom. The second-order valence-corrected chi connectivity index (χ2v) is 8.01. The summed E-state index contributed by atoms with van der Waals surface area (Å²) in [5.74, 6) is 1.53. The van der Waals surface area contributed by atoms with Crippen molar-refractivity contribution in [2.75, 3.05) is 6.61 Å². The van der Waals surface area contributed by atoms with Gasteiger partial charge in [0.25, 0.3) is 0 Å². The van der Waals surface area contributed by atoms with Gasteiger partial charge in [0, 0.05) is 0 Å². The van der Waals surface area contributed by atoms with E-state index < -0.39 is 0 Å². The van der Waals surface area contributed by atoms with Gasteiger partial charge in [-0.15, -0.1) is 0 Å². The summed E-state index contributed by atoms with van der Waals surface area (Å²) in [6.07, 6.45) is 1.79. The summed E-state index contributed by atoms with van der Waals surface area (Å²) in [4.78, 5) is 9.43. The molecule has 1 heterocycles. The minimum absolute atomic E-state index is 0.120. The van der Waals surface area contributed by atoms with Gasteiger partial charge in [-0.25, -0.2) is 4.99 Å². The number of hydrogen-bond donors (Lipinski definition) is 0. The first-order valence-corrected chi connectivity index (χ1v) is 8.57. The summed E-state index contributed by atoms with van der Waals surface area (Å²) in [6.45, 7) is 16.0. The van der Waals surface area contributed by atoms with Crippen molar-refractivity contribution in [2.45, 2.75) is 66.3 Å². The third-order valence-electron chi connectivity index (χ3n) is 4.32. The van der Waals surface area contributed by atoms with Crippen molar-refractivity contribution < 1.29 is 4.74 Å². The van der Waals surface area contributed by atoms with E-state index in [1.54, 1.807) is 6.21 Å². The van der Waals surface area contributed by atoms with Gasteiger partial charge in [-0.3, -0.25) is 4.99 Å². The van der Waals surface area contributed by atoms with Gasteiger partial charge in [0.15, 0.2) is 0 Å². The number of aliphatic imine (C=N–C) groups is 2. The Labute approximate surface area is 140 Å². The molecule has 23 heavy (non-hydrogen) atoms. The van der Waals surface area contributed by atoms with Gasteiger partial charge < -0.3 is 4.74 Å². The summed E-state index contributed by atoms with van der Waals surface area (Å²) >= 11 is 0. The van der Waals surface area contributed by atoms with Crippen molar-refractivity contribution in [3.63, 3.8) is 0 Å². The zero-order valence-corrected chi connectivity index (χ0v) is 15.6. The minimum Gasteiger partial charge on any atom is -0.475 e. The Bertz CT molecular complexity index is 580. The van der Waals surface area contributed by atoms with Gasteiger partial charge in [-0.05, 0) is 28.4 Å². The van der Waals surface area contributed by atoms with Crippen LogP contribution in [0.3, 0.4) is 0 Å². The highest BCUT2D eigenvalue weighted by Gasteiger charge is 2.29. The van der Waals surface area contributed by atoms with E-state index in [1.807, 2.05) is 0 Å². The highest BCUT2D eigenvalue weighted by Crippen LogP contribution is 2.34. The second kappa shape index (κ2) is 6.86. The number of benzene rings is 1. The maximum Gasteiger partial charge on any atom is 0.228 e. The molecule has 3 heteroatoms. The Morgan fingerprint density at radius 2 is 1.70 bits per heavy atom. The van der Waals surface area contributed by atoms with Crippen molar-refractivity contribution in [3.8, 4) is 0 Å². The lowest BCUT2D eigenvalue weighted by Gasteiger charge is -2.21. The van der Waals surface area contributed by atoms with Crippen molar-refractivity contribution in [1.29, 1.82) is 0 Å². The Kier molecular flexibility index (Phi) is 5.28. The number of hydrogen-bond acceptors (Lipinski definition) is 3. The normalized spacial score (nSPS) is 18.8. The van der Waals surface area contributed by atoms with Crippen molar-refractivity contribution in [3.05, 3.63) is 29.3 Å². The van der Waals surface area contributed by atoms with E-state index in [-0.39, 0.29) is 11.5 Å². The van der Waals surface area contributed by atoms with Crippen LogP contribution < -0.4 is 0 Å². The van der Waals surface area contributed by atoms with Gasteiger partial charge in [-0.1, -0.05) is 66.7 Å². The largest absolute Gasteiger partial charge is 0.475 e. The predicted octanol–water partition coefficient (Wildman–Crippen LogP) is 5.48. The summed E-state index contributed by atoms with van der Waals surface area (Å²) in [7, 11) is 0. The molecule has 1 aliphatic heterocycles. The highest BCUT2D eigenvalue weighted by atomic mass is 16.5. The topological polar surface area (TPSA) is 34.0 Å². The van der Waals surface area contributed by atoms with E-state index in [0.29, 0.717) is 24.3 Å². The average molecular weight is 314 g/mol. The highest BCUT2D eigenvalue weighted by molar-refractivity contribution is 6.27. The molecule has 126 valence electrons. The van der Waals surface area contributed by atoms with E-state index in [4.69, 9.17) is 9.73 Å². The summed E-state index contributed by atoms with van der Waals surface area (Å²) in [5, 5.41) is 0. The number of ether oxygens (including phenoxy) is 1. The molecule has 0 aromatic heterocycles. The van der Waals surface area contributed by atoms with Gasteiger partial charge >= 0.3 is 0 Å². The van der Waals surface area contributed by atoms with Gasteiger partial charge in [-0.2, -0.15) is 0 Å². The molecule has 0 N–H and O–H groups in total. The van der Waals surface area contributed by atoms with Gasteiger partial charge in [0.1, 0.15) is 6.61 Å². The molecule has 0 saturated carbocycles. The van der Waals surface area contributed by atoms with Crippen LogP contribution in [0.1, 0.15) is 71.4 Å². The molecule has 1 aromatic rings. The van der Waals surface area contributed by atoms with E-state index in [1.165, 1.54) is 11.1 Å². The summed E-state index contributed by atoms with van der Waals surface area (Å²) < 4.78 is 5.72. The van der Waals surface area contributed by atoms with Crippen LogP contribution in [0, 0.1) is 5.41 Å². The van der Waals surface area contributed by atoms with Crippen molar-refractivity contribution in [1.82, 2.24) is 0 Å². The molecule has 0 fully saturated rings. The average Bonchev–Trinajstić information content (AvgIpc) is 2.93. The van der Waals surface area contributed by atoms with E-state index >= 15 is 0 Å². The van der Waals surface area contributed by atoms with Gasteiger partial charge in [0.05, 0.1) is 17.9 Å². The lowest BCUT2D eigenvalue weighted by atomic mass is 9.88.